The van der Waals surface area contributed by atoms with Crippen LogP contribution in [0.15, 0.2) is 0 Å². The molecule has 0 rings (SSSR count). The zero-order chi connectivity index (χ0) is 13.6. The Hall–Kier alpha value is 0.860. The predicted molar refractivity (Wildman–Crippen MR) is 84.6 cm³/mol. The zero-order valence-electron chi connectivity index (χ0n) is 12.1. The lowest BCUT2D eigenvalue weighted by Crippen LogP contribution is -2.37. The van der Waals surface area contributed by atoms with Crippen LogP contribution >= 0.6 is 17.9 Å². The van der Waals surface area contributed by atoms with Gasteiger partial charge < -0.3 is 0 Å². The molecule has 17 heavy (non-hydrogen) atoms. The van der Waals surface area contributed by atoms with Crippen LogP contribution in [0.5, 0.6) is 0 Å². The Labute approximate surface area is 118 Å². The highest BCUT2D eigenvalue weighted by Crippen LogP contribution is 2.60. The van der Waals surface area contributed by atoms with Gasteiger partial charge in [0.25, 0.3) is 0 Å². The van der Waals surface area contributed by atoms with Gasteiger partial charge in [0.2, 0.25) is 0 Å². The molecule has 104 valence electrons. The van der Waals surface area contributed by atoms with Gasteiger partial charge in [0, 0.05) is 26.2 Å². The second-order valence-corrected chi connectivity index (χ2v) is 9.74. The van der Waals surface area contributed by atoms with E-state index in [1.54, 1.807) is 0 Å². The van der Waals surface area contributed by atoms with Crippen LogP contribution in [-0.2, 0) is 11.8 Å². The second-order valence-electron chi connectivity index (χ2n) is 4.48. The predicted octanol–water partition coefficient (Wildman–Crippen LogP) is 4.20. The van der Waals surface area contributed by atoms with Crippen molar-refractivity contribution < 1.29 is 0 Å². The summed E-state index contributed by atoms with van der Waals surface area (Å²) in [5.41, 5.74) is 0. The van der Waals surface area contributed by atoms with Gasteiger partial charge in [-0.1, -0.05) is 53.3 Å². The fourth-order valence-electron chi connectivity index (χ4n) is 2.14. The van der Waals surface area contributed by atoms with Crippen LogP contribution in [0.3, 0.4) is 0 Å². The first kappa shape index (κ1) is 17.9. The van der Waals surface area contributed by atoms with Crippen molar-refractivity contribution in [3.05, 3.63) is 0 Å². The normalized spacial score (nSPS) is 14.9. The standard InChI is InChI=1S/C12H28ClN2PS/c1-7-14(8-2)16(17,12(13)11(5)6)15(9-3)10-4/h11-12H,7-10H2,1-6H3. The summed E-state index contributed by atoms with van der Waals surface area (Å²) in [4.78, 5) is 0. The molecule has 0 heterocycles. The summed E-state index contributed by atoms with van der Waals surface area (Å²) in [5.74, 6) is 0.420. The van der Waals surface area contributed by atoms with E-state index in [0.717, 1.165) is 26.2 Å². The molecule has 0 aromatic heterocycles. The quantitative estimate of drug-likeness (QED) is 0.490. The number of alkyl halides is 1. The first-order valence-electron chi connectivity index (χ1n) is 6.64. The molecule has 1 atom stereocenters. The van der Waals surface area contributed by atoms with Gasteiger partial charge in [-0.2, -0.15) is 0 Å². The van der Waals surface area contributed by atoms with Crippen LogP contribution in [0.1, 0.15) is 41.5 Å². The van der Waals surface area contributed by atoms with Crippen LogP contribution in [0, 0.1) is 5.92 Å². The molecule has 1 unspecified atom stereocenters. The van der Waals surface area contributed by atoms with E-state index in [1.807, 2.05) is 0 Å². The van der Waals surface area contributed by atoms with Gasteiger partial charge in [0.15, 0.2) is 0 Å². The van der Waals surface area contributed by atoms with Gasteiger partial charge >= 0.3 is 0 Å². The molecule has 0 amide bonds. The van der Waals surface area contributed by atoms with E-state index in [4.69, 9.17) is 23.4 Å². The maximum Gasteiger partial charge on any atom is 0.0952 e. The molecule has 0 bridgehead atoms. The molecule has 0 saturated heterocycles. The lowest BCUT2D eigenvalue weighted by atomic mass is 10.3. The third-order valence-corrected chi connectivity index (χ3v) is 10.9. The molecule has 0 saturated carbocycles. The van der Waals surface area contributed by atoms with Crippen molar-refractivity contribution in [3.63, 3.8) is 0 Å². The van der Waals surface area contributed by atoms with E-state index < -0.39 is 6.34 Å². The zero-order valence-corrected chi connectivity index (χ0v) is 14.6. The summed E-state index contributed by atoms with van der Waals surface area (Å²) in [6.07, 6.45) is -1.82. The van der Waals surface area contributed by atoms with Crippen molar-refractivity contribution in [3.8, 4) is 0 Å². The highest BCUT2D eigenvalue weighted by atomic mass is 35.5. The summed E-state index contributed by atoms with van der Waals surface area (Å²) in [6.45, 7) is 17.0. The topological polar surface area (TPSA) is 6.48 Å². The minimum Gasteiger partial charge on any atom is -0.263 e. The molecular weight excluding hydrogens is 271 g/mol. The SMILES string of the molecule is CCN(CC)P(=S)(C(Cl)C(C)C)N(CC)CC. The van der Waals surface area contributed by atoms with Crippen LogP contribution in [0.25, 0.3) is 0 Å². The van der Waals surface area contributed by atoms with E-state index in [0.29, 0.717) is 5.92 Å². The van der Waals surface area contributed by atoms with Gasteiger partial charge in [-0.15, -0.1) is 11.6 Å². The summed E-state index contributed by atoms with van der Waals surface area (Å²) < 4.78 is 4.82. The average Bonchev–Trinajstić information content (AvgIpc) is 2.30. The highest BCUT2D eigenvalue weighted by Gasteiger charge is 2.37. The Balaban J connectivity index is 5.40. The van der Waals surface area contributed by atoms with Crippen LogP contribution in [0.4, 0.5) is 0 Å². The fourth-order valence-corrected chi connectivity index (χ4v) is 8.37. The number of hydrogen-bond donors (Lipinski definition) is 0. The smallest absolute Gasteiger partial charge is 0.0952 e. The number of rotatable bonds is 8. The third-order valence-electron chi connectivity index (χ3n) is 3.14. The van der Waals surface area contributed by atoms with E-state index in [1.165, 1.54) is 0 Å². The fraction of sp³-hybridized carbons (Fsp3) is 1.00. The first-order valence-corrected chi connectivity index (χ1v) is 9.85. The Morgan fingerprint density at radius 1 is 0.941 bits per heavy atom. The summed E-state index contributed by atoms with van der Waals surface area (Å²) in [5, 5.41) is 0.0669. The number of nitrogens with zero attached hydrogens (tertiary/aromatic N) is 2. The molecule has 0 aliphatic heterocycles. The molecule has 0 radical (unpaired) electrons. The van der Waals surface area contributed by atoms with E-state index in [-0.39, 0.29) is 5.12 Å². The van der Waals surface area contributed by atoms with Crippen molar-refractivity contribution in [1.29, 1.82) is 0 Å². The molecule has 2 nitrogen and oxygen atoms in total. The van der Waals surface area contributed by atoms with E-state index in [2.05, 4.69) is 50.9 Å². The first-order chi connectivity index (χ1) is 7.89. The lowest BCUT2D eigenvalue weighted by molar-refractivity contribution is 0.411. The number of halogens is 1. The van der Waals surface area contributed by atoms with Crippen molar-refractivity contribution >= 4 is 29.7 Å². The maximum atomic E-state index is 6.69. The minimum absolute atomic E-state index is 0.0669. The Kier molecular flexibility index (Phi) is 8.53. The van der Waals surface area contributed by atoms with Gasteiger partial charge in [-0.25, -0.2) is 0 Å². The molecule has 0 fully saturated rings. The molecule has 0 aromatic rings. The lowest BCUT2D eigenvalue weighted by Gasteiger charge is -2.45. The van der Waals surface area contributed by atoms with Gasteiger partial charge in [-0.05, 0) is 5.92 Å². The largest absolute Gasteiger partial charge is 0.263 e. The Bertz CT molecular complexity index is 229. The summed E-state index contributed by atoms with van der Waals surface area (Å²) in [6, 6.07) is 0. The van der Waals surface area contributed by atoms with Gasteiger partial charge in [-0.3, -0.25) is 9.34 Å². The summed E-state index contributed by atoms with van der Waals surface area (Å²) in [7, 11) is 0. The van der Waals surface area contributed by atoms with E-state index >= 15 is 0 Å². The molecule has 0 N–H and O–H groups in total. The maximum absolute atomic E-state index is 6.69. The molecular formula is C12H28ClN2PS. The van der Waals surface area contributed by atoms with Crippen LogP contribution in [0.2, 0.25) is 0 Å². The van der Waals surface area contributed by atoms with Crippen molar-refractivity contribution in [1.82, 2.24) is 9.34 Å². The van der Waals surface area contributed by atoms with Crippen LogP contribution < -0.4 is 0 Å². The highest BCUT2D eigenvalue weighted by molar-refractivity contribution is 8.13. The molecule has 0 aliphatic carbocycles. The summed E-state index contributed by atoms with van der Waals surface area (Å²) >= 11 is 12.8. The monoisotopic (exact) mass is 298 g/mol. The average molecular weight is 299 g/mol. The number of hydrogen-bond acceptors (Lipinski definition) is 1. The molecule has 0 aromatic carbocycles. The van der Waals surface area contributed by atoms with Crippen molar-refractivity contribution in [2.75, 3.05) is 26.2 Å². The second kappa shape index (κ2) is 8.12. The van der Waals surface area contributed by atoms with Crippen molar-refractivity contribution in [2.45, 2.75) is 46.7 Å². The van der Waals surface area contributed by atoms with E-state index in [9.17, 15) is 0 Å². The van der Waals surface area contributed by atoms with Gasteiger partial charge in [0.1, 0.15) is 0 Å². The van der Waals surface area contributed by atoms with Gasteiger partial charge in [0.05, 0.1) is 11.5 Å². The third kappa shape index (κ3) is 3.91. The van der Waals surface area contributed by atoms with Crippen LogP contribution in [-0.4, -0.2) is 40.6 Å². The molecule has 5 heteroatoms. The minimum atomic E-state index is -1.82. The van der Waals surface area contributed by atoms with Crippen molar-refractivity contribution in [2.24, 2.45) is 5.92 Å². The molecule has 0 spiro atoms. The Morgan fingerprint density at radius 2 is 1.24 bits per heavy atom. The Morgan fingerprint density at radius 3 is 1.41 bits per heavy atom. The molecule has 0 aliphatic rings.